The largest absolute Gasteiger partial charge is 0.486 e. The van der Waals surface area contributed by atoms with Crippen molar-refractivity contribution in [3.8, 4) is 11.5 Å². The second-order valence-corrected chi connectivity index (χ2v) is 5.84. The number of carboxylic acid groups (broad SMARTS) is 1. The lowest BCUT2D eigenvalue weighted by Gasteiger charge is -2.25. The summed E-state index contributed by atoms with van der Waals surface area (Å²) in [5.41, 5.74) is 0.447. The topological polar surface area (TPSA) is 117 Å². The van der Waals surface area contributed by atoms with E-state index in [1.54, 1.807) is 25.1 Å². The van der Waals surface area contributed by atoms with Crippen LogP contribution in [-0.4, -0.2) is 60.3 Å². The molecule has 1 aliphatic heterocycles. The number of imide groups is 1. The molecular formula is C17H24ClN3O6. The van der Waals surface area contributed by atoms with Gasteiger partial charge in [0.2, 0.25) is 5.91 Å². The van der Waals surface area contributed by atoms with Gasteiger partial charge in [0.15, 0.2) is 11.5 Å². The number of carboxylic acids is 1. The number of anilines is 1. The van der Waals surface area contributed by atoms with Gasteiger partial charge in [-0.2, -0.15) is 0 Å². The molecule has 0 fully saturated rings. The molecule has 0 spiro atoms. The third-order valence-corrected chi connectivity index (χ3v) is 3.81. The molecule has 0 bridgehead atoms. The van der Waals surface area contributed by atoms with Gasteiger partial charge in [0.1, 0.15) is 13.2 Å². The number of fused-ring (bicyclic) bond motifs is 1. The van der Waals surface area contributed by atoms with Gasteiger partial charge in [-0.05, 0) is 32.0 Å². The Kier molecular flexibility index (Phi) is 8.83. The lowest BCUT2D eigenvalue weighted by Crippen LogP contribution is -2.49. The predicted octanol–water partition coefficient (Wildman–Crippen LogP) is 1.71. The van der Waals surface area contributed by atoms with Gasteiger partial charge < -0.3 is 19.9 Å². The zero-order chi connectivity index (χ0) is 19.1. The first-order chi connectivity index (χ1) is 12.4. The van der Waals surface area contributed by atoms with E-state index in [4.69, 9.17) is 14.6 Å². The molecule has 3 N–H and O–H groups in total. The SMILES string of the molecule is CCCN(CC(=O)O)C(C)C(=O)NC(=O)Nc1ccc2c(c1)OCCO2.Cl. The second-order valence-electron chi connectivity index (χ2n) is 5.84. The van der Waals surface area contributed by atoms with Gasteiger partial charge in [0.05, 0.1) is 12.6 Å². The molecule has 0 aromatic heterocycles. The van der Waals surface area contributed by atoms with Gasteiger partial charge in [0.25, 0.3) is 0 Å². The first-order valence-corrected chi connectivity index (χ1v) is 8.38. The summed E-state index contributed by atoms with van der Waals surface area (Å²) in [6.45, 7) is 4.50. The van der Waals surface area contributed by atoms with E-state index in [1.165, 1.54) is 4.90 Å². The Labute approximate surface area is 163 Å². The first kappa shape index (κ1) is 22.5. The quantitative estimate of drug-likeness (QED) is 0.636. The number of hydrogen-bond acceptors (Lipinski definition) is 6. The van der Waals surface area contributed by atoms with E-state index in [-0.39, 0.29) is 19.0 Å². The van der Waals surface area contributed by atoms with E-state index in [9.17, 15) is 14.4 Å². The Morgan fingerprint density at radius 2 is 1.89 bits per heavy atom. The highest BCUT2D eigenvalue weighted by Gasteiger charge is 2.24. The number of urea groups is 1. The Bertz CT molecular complexity index is 685. The number of nitrogens with zero attached hydrogens (tertiary/aromatic N) is 1. The lowest BCUT2D eigenvalue weighted by atomic mass is 10.2. The second kappa shape index (κ2) is 10.6. The van der Waals surface area contributed by atoms with E-state index < -0.39 is 23.9 Å². The van der Waals surface area contributed by atoms with Crippen LogP contribution >= 0.6 is 12.4 Å². The van der Waals surface area contributed by atoms with E-state index in [0.29, 0.717) is 43.4 Å². The molecule has 27 heavy (non-hydrogen) atoms. The standard InChI is InChI=1S/C17H23N3O6.ClH/c1-3-6-20(10-15(21)22)11(2)16(23)19-17(24)18-12-4-5-13-14(9-12)26-8-7-25-13;/h4-5,9,11H,3,6-8,10H2,1-2H3,(H,21,22)(H2,18,19,23,24);1H. The highest BCUT2D eigenvalue weighted by molar-refractivity contribution is 6.03. The molecule has 0 radical (unpaired) electrons. The van der Waals surface area contributed by atoms with Crippen molar-refractivity contribution in [1.82, 2.24) is 10.2 Å². The molecule has 3 amide bonds. The van der Waals surface area contributed by atoms with Crippen molar-refractivity contribution in [2.45, 2.75) is 26.3 Å². The maximum absolute atomic E-state index is 12.2. The number of hydrogen-bond donors (Lipinski definition) is 3. The number of carbonyl (C=O) groups is 3. The summed E-state index contributed by atoms with van der Waals surface area (Å²) < 4.78 is 10.8. The summed E-state index contributed by atoms with van der Waals surface area (Å²) in [6.07, 6.45) is 0.689. The number of rotatable bonds is 7. The van der Waals surface area contributed by atoms with Crippen LogP contribution in [0.5, 0.6) is 11.5 Å². The summed E-state index contributed by atoms with van der Waals surface area (Å²) in [6, 6.07) is 3.46. The van der Waals surface area contributed by atoms with Crippen molar-refractivity contribution in [1.29, 1.82) is 0 Å². The number of carbonyl (C=O) groups excluding carboxylic acids is 2. The highest BCUT2D eigenvalue weighted by atomic mass is 35.5. The Hall–Kier alpha value is -2.52. The zero-order valence-electron chi connectivity index (χ0n) is 15.2. The molecule has 1 unspecified atom stereocenters. The Morgan fingerprint density at radius 3 is 2.52 bits per heavy atom. The highest BCUT2D eigenvalue weighted by Crippen LogP contribution is 2.32. The Balaban J connectivity index is 0.00000364. The Morgan fingerprint density at radius 1 is 1.22 bits per heavy atom. The first-order valence-electron chi connectivity index (χ1n) is 8.38. The summed E-state index contributed by atoms with van der Waals surface area (Å²) in [5, 5.41) is 13.7. The predicted molar refractivity (Wildman–Crippen MR) is 101 cm³/mol. The fourth-order valence-electron chi connectivity index (χ4n) is 2.54. The number of benzene rings is 1. The third kappa shape index (κ3) is 6.61. The average molecular weight is 402 g/mol. The molecular weight excluding hydrogens is 378 g/mol. The molecule has 0 saturated carbocycles. The van der Waals surface area contributed by atoms with E-state index in [2.05, 4.69) is 10.6 Å². The van der Waals surface area contributed by atoms with Crippen molar-refractivity contribution in [3.05, 3.63) is 18.2 Å². The van der Waals surface area contributed by atoms with E-state index in [0.717, 1.165) is 0 Å². The molecule has 1 atom stereocenters. The molecule has 2 rings (SSSR count). The van der Waals surface area contributed by atoms with Crippen molar-refractivity contribution >= 4 is 36.0 Å². The minimum Gasteiger partial charge on any atom is -0.486 e. The van der Waals surface area contributed by atoms with Crippen LogP contribution in [0.2, 0.25) is 0 Å². The van der Waals surface area contributed by atoms with Crippen LogP contribution in [0.25, 0.3) is 0 Å². The van der Waals surface area contributed by atoms with Crippen LogP contribution in [0.15, 0.2) is 18.2 Å². The summed E-state index contributed by atoms with van der Waals surface area (Å²) in [4.78, 5) is 36.7. The van der Waals surface area contributed by atoms with Crippen LogP contribution in [0.4, 0.5) is 10.5 Å². The van der Waals surface area contributed by atoms with Crippen LogP contribution in [0.3, 0.4) is 0 Å². The van der Waals surface area contributed by atoms with Gasteiger partial charge in [-0.1, -0.05) is 6.92 Å². The van der Waals surface area contributed by atoms with Crippen molar-refractivity contribution in [2.24, 2.45) is 0 Å². The number of nitrogens with one attached hydrogen (secondary N) is 2. The summed E-state index contributed by atoms with van der Waals surface area (Å²) in [5.74, 6) is -0.492. The normalized spacial score (nSPS) is 13.3. The fourth-order valence-corrected chi connectivity index (χ4v) is 2.54. The van der Waals surface area contributed by atoms with Gasteiger partial charge in [0, 0.05) is 11.8 Å². The molecule has 9 nitrogen and oxygen atoms in total. The molecule has 0 saturated heterocycles. The molecule has 1 aromatic carbocycles. The van der Waals surface area contributed by atoms with Crippen LogP contribution < -0.4 is 20.1 Å². The van der Waals surface area contributed by atoms with Crippen molar-refractivity contribution < 1.29 is 29.0 Å². The van der Waals surface area contributed by atoms with Crippen LogP contribution in [0.1, 0.15) is 20.3 Å². The summed E-state index contributed by atoms with van der Waals surface area (Å²) >= 11 is 0. The zero-order valence-corrected chi connectivity index (χ0v) is 16.0. The lowest BCUT2D eigenvalue weighted by molar-refractivity contribution is -0.139. The van der Waals surface area contributed by atoms with Crippen LogP contribution in [-0.2, 0) is 9.59 Å². The smallest absolute Gasteiger partial charge is 0.325 e. The summed E-state index contributed by atoms with van der Waals surface area (Å²) in [7, 11) is 0. The average Bonchev–Trinajstić information content (AvgIpc) is 2.60. The number of halogens is 1. The van der Waals surface area contributed by atoms with Gasteiger partial charge in [-0.3, -0.25) is 19.8 Å². The van der Waals surface area contributed by atoms with Gasteiger partial charge in [-0.25, -0.2) is 4.79 Å². The van der Waals surface area contributed by atoms with Gasteiger partial charge >= 0.3 is 12.0 Å². The number of aliphatic carboxylic acids is 1. The monoisotopic (exact) mass is 401 g/mol. The van der Waals surface area contributed by atoms with Crippen LogP contribution in [0, 0.1) is 0 Å². The fraction of sp³-hybridized carbons (Fsp3) is 0.471. The molecule has 1 heterocycles. The minimum atomic E-state index is -1.03. The van der Waals surface area contributed by atoms with E-state index >= 15 is 0 Å². The molecule has 1 aromatic rings. The van der Waals surface area contributed by atoms with Crippen molar-refractivity contribution in [3.63, 3.8) is 0 Å². The number of ether oxygens (including phenoxy) is 2. The maximum atomic E-state index is 12.2. The maximum Gasteiger partial charge on any atom is 0.325 e. The number of amides is 3. The van der Waals surface area contributed by atoms with E-state index in [1.807, 2.05) is 6.92 Å². The van der Waals surface area contributed by atoms with Gasteiger partial charge in [-0.15, -0.1) is 12.4 Å². The molecule has 0 aliphatic carbocycles. The molecule has 150 valence electrons. The minimum absolute atomic E-state index is 0. The third-order valence-electron chi connectivity index (χ3n) is 3.81. The van der Waals surface area contributed by atoms with Crippen molar-refractivity contribution in [2.75, 3.05) is 31.6 Å². The molecule has 10 heteroatoms. The molecule has 1 aliphatic rings.